The first-order valence-electron chi connectivity index (χ1n) is 10.1. The van der Waals surface area contributed by atoms with E-state index in [1.165, 1.54) is 36.7 Å². The minimum atomic E-state index is -2.94. The van der Waals surface area contributed by atoms with Crippen LogP contribution in [0.3, 0.4) is 0 Å². The second-order valence-electron chi connectivity index (χ2n) is 7.69. The number of benzene rings is 2. The highest BCUT2D eigenvalue weighted by Crippen LogP contribution is 2.33. The van der Waals surface area contributed by atoms with Crippen molar-refractivity contribution in [2.24, 2.45) is 0 Å². The summed E-state index contributed by atoms with van der Waals surface area (Å²) < 4.78 is 23.5. The van der Waals surface area contributed by atoms with Gasteiger partial charge >= 0.3 is 0 Å². The molecule has 29 heavy (non-hydrogen) atoms. The molecule has 2 heterocycles. The molecule has 1 amide bonds. The molecule has 0 unspecified atom stereocenters. The second-order valence-corrected chi connectivity index (χ2v) is 11.3. The van der Waals surface area contributed by atoms with E-state index in [0.29, 0.717) is 12.0 Å². The lowest BCUT2D eigenvalue weighted by Gasteiger charge is -2.28. The van der Waals surface area contributed by atoms with Crippen LogP contribution in [-0.2, 0) is 9.84 Å². The molecule has 0 aliphatic carbocycles. The molecular formula is C22H26N2O3S2. The lowest BCUT2D eigenvalue weighted by Crippen LogP contribution is -2.29. The fourth-order valence-electron chi connectivity index (χ4n) is 3.90. The zero-order valence-corrected chi connectivity index (χ0v) is 18.0. The average molecular weight is 431 g/mol. The molecule has 2 aromatic carbocycles. The van der Waals surface area contributed by atoms with Gasteiger partial charge in [0, 0.05) is 34.6 Å². The van der Waals surface area contributed by atoms with Crippen LogP contribution in [0.5, 0.6) is 0 Å². The lowest BCUT2D eigenvalue weighted by atomic mass is 10.1. The molecule has 2 aliphatic heterocycles. The maximum atomic E-state index is 12.9. The predicted molar refractivity (Wildman–Crippen MR) is 120 cm³/mol. The van der Waals surface area contributed by atoms with Gasteiger partial charge in [-0.3, -0.25) is 4.79 Å². The third kappa shape index (κ3) is 5.14. The van der Waals surface area contributed by atoms with Crippen LogP contribution in [-0.4, -0.2) is 44.2 Å². The first-order valence-corrected chi connectivity index (χ1v) is 12.8. The third-order valence-electron chi connectivity index (χ3n) is 5.46. The largest absolute Gasteiger partial charge is 0.372 e. The van der Waals surface area contributed by atoms with Gasteiger partial charge in [-0.15, -0.1) is 11.8 Å². The number of carbonyl (C=O) groups excluding carboxylic acids is 1. The first kappa shape index (κ1) is 20.3. The number of thioether (sulfide) groups is 1. The van der Waals surface area contributed by atoms with Gasteiger partial charge in [0.15, 0.2) is 9.84 Å². The van der Waals surface area contributed by atoms with E-state index in [2.05, 4.69) is 22.3 Å². The standard InChI is InChI=1S/C22H26N2O3S2/c25-22(23-17-8-10-18(11-9-17)24-13-4-1-5-14-24)20-6-2-3-7-21(20)28-19-12-15-29(26,27)16-19/h2-3,6-11,19H,1,4-5,12-16H2,(H,23,25)/t19-/m0/s1. The van der Waals surface area contributed by atoms with Gasteiger partial charge in [-0.2, -0.15) is 0 Å². The summed E-state index contributed by atoms with van der Waals surface area (Å²) in [5.41, 5.74) is 2.54. The van der Waals surface area contributed by atoms with E-state index in [-0.39, 0.29) is 22.7 Å². The summed E-state index contributed by atoms with van der Waals surface area (Å²) in [7, 11) is -2.94. The predicted octanol–water partition coefficient (Wildman–Crippen LogP) is 4.21. The zero-order chi connectivity index (χ0) is 20.3. The lowest BCUT2D eigenvalue weighted by molar-refractivity contribution is 0.102. The summed E-state index contributed by atoms with van der Waals surface area (Å²) >= 11 is 1.49. The van der Waals surface area contributed by atoms with Crippen molar-refractivity contribution in [3.05, 3.63) is 54.1 Å². The molecule has 2 saturated heterocycles. The number of hydrogen-bond donors (Lipinski definition) is 1. The van der Waals surface area contributed by atoms with Crippen LogP contribution in [0.2, 0.25) is 0 Å². The van der Waals surface area contributed by atoms with Crippen LogP contribution in [0.1, 0.15) is 36.0 Å². The normalized spacial score (nSPS) is 21.1. The third-order valence-corrected chi connectivity index (χ3v) is 8.79. The smallest absolute Gasteiger partial charge is 0.256 e. The molecule has 4 rings (SSSR count). The van der Waals surface area contributed by atoms with Gasteiger partial charge in [0.2, 0.25) is 0 Å². The minimum absolute atomic E-state index is 0.0118. The quantitative estimate of drug-likeness (QED) is 0.770. The Morgan fingerprint density at radius 3 is 2.41 bits per heavy atom. The number of sulfone groups is 1. The SMILES string of the molecule is O=C(Nc1ccc(N2CCCCC2)cc1)c1ccccc1S[C@H]1CCS(=O)(=O)C1. The van der Waals surface area contributed by atoms with Gasteiger partial charge in [-0.25, -0.2) is 8.42 Å². The Bertz CT molecular complexity index is 968. The highest BCUT2D eigenvalue weighted by atomic mass is 32.2. The maximum absolute atomic E-state index is 12.9. The Balaban J connectivity index is 1.43. The van der Waals surface area contributed by atoms with Crippen molar-refractivity contribution in [3.63, 3.8) is 0 Å². The summed E-state index contributed by atoms with van der Waals surface area (Å²) in [5, 5.41) is 2.99. The first-order chi connectivity index (χ1) is 14.0. The molecule has 7 heteroatoms. The zero-order valence-electron chi connectivity index (χ0n) is 16.3. The molecule has 2 fully saturated rings. The van der Waals surface area contributed by atoms with Crippen molar-refractivity contribution in [1.29, 1.82) is 0 Å². The molecule has 0 aromatic heterocycles. The van der Waals surface area contributed by atoms with Gasteiger partial charge < -0.3 is 10.2 Å². The van der Waals surface area contributed by atoms with Crippen LogP contribution in [0.25, 0.3) is 0 Å². The number of amides is 1. The van der Waals surface area contributed by atoms with Crippen molar-refractivity contribution >= 4 is 38.9 Å². The van der Waals surface area contributed by atoms with Gasteiger partial charge in [-0.1, -0.05) is 12.1 Å². The summed E-state index contributed by atoms with van der Waals surface area (Å²) in [4.78, 5) is 16.1. The van der Waals surface area contributed by atoms with Crippen LogP contribution in [0.15, 0.2) is 53.4 Å². The highest BCUT2D eigenvalue weighted by molar-refractivity contribution is 8.02. The molecule has 0 bridgehead atoms. The van der Waals surface area contributed by atoms with E-state index in [1.54, 1.807) is 6.07 Å². The molecule has 2 aliphatic rings. The molecule has 2 aromatic rings. The van der Waals surface area contributed by atoms with E-state index in [1.807, 2.05) is 30.3 Å². The summed E-state index contributed by atoms with van der Waals surface area (Å²) in [5.74, 6) is 0.258. The van der Waals surface area contributed by atoms with Crippen molar-refractivity contribution in [2.75, 3.05) is 34.8 Å². The molecule has 5 nitrogen and oxygen atoms in total. The van der Waals surface area contributed by atoms with Crippen molar-refractivity contribution < 1.29 is 13.2 Å². The Morgan fingerprint density at radius 1 is 1.00 bits per heavy atom. The van der Waals surface area contributed by atoms with Crippen LogP contribution < -0.4 is 10.2 Å². The van der Waals surface area contributed by atoms with E-state index < -0.39 is 9.84 Å². The fourth-order valence-corrected chi connectivity index (χ4v) is 7.52. The van der Waals surface area contributed by atoms with E-state index >= 15 is 0 Å². The number of carbonyl (C=O) groups is 1. The maximum Gasteiger partial charge on any atom is 0.256 e. The Morgan fingerprint density at radius 2 is 1.72 bits per heavy atom. The Kier molecular flexibility index (Phi) is 6.15. The van der Waals surface area contributed by atoms with Gasteiger partial charge in [-0.05, 0) is 62.1 Å². The van der Waals surface area contributed by atoms with Gasteiger partial charge in [0.1, 0.15) is 0 Å². The van der Waals surface area contributed by atoms with Crippen molar-refractivity contribution in [2.45, 2.75) is 35.8 Å². The molecular weight excluding hydrogens is 404 g/mol. The molecule has 0 saturated carbocycles. The molecule has 1 atom stereocenters. The van der Waals surface area contributed by atoms with Crippen molar-refractivity contribution in [3.8, 4) is 0 Å². The van der Waals surface area contributed by atoms with E-state index in [9.17, 15) is 13.2 Å². The number of hydrogen-bond acceptors (Lipinski definition) is 5. The molecule has 0 spiro atoms. The molecule has 1 N–H and O–H groups in total. The van der Waals surface area contributed by atoms with E-state index in [4.69, 9.17) is 0 Å². The summed E-state index contributed by atoms with van der Waals surface area (Å²) in [6.07, 6.45) is 4.40. The van der Waals surface area contributed by atoms with Crippen LogP contribution >= 0.6 is 11.8 Å². The number of piperidine rings is 1. The van der Waals surface area contributed by atoms with Gasteiger partial charge in [0.25, 0.3) is 5.91 Å². The Hall–Kier alpha value is -1.99. The number of rotatable bonds is 5. The number of nitrogens with zero attached hydrogens (tertiary/aromatic N) is 1. The second kappa shape index (κ2) is 8.79. The van der Waals surface area contributed by atoms with Crippen LogP contribution in [0, 0.1) is 0 Å². The van der Waals surface area contributed by atoms with E-state index in [0.717, 1.165) is 23.7 Å². The average Bonchev–Trinajstić information content (AvgIpc) is 3.08. The monoisotopic (exact) mass is 430 g/mol. The molecule has 154 valence electrons. The number of anilines is 2. The van der Waals surface area contributed by atoms with Crippen LogP contribution in [0.4, 0.5) is 11.4 Å². The minimum Gasteiger partial charge on any atom is -0.372 e. The fraction of sp³-hybridized carbons (Fsp3) is 0.409. The topological polar surface area (TPSA) is 66.5 Å². The van der Waals surface area contributed by atoms with Crippen molar-refractivity contribution in [1.82, 2.24) is 0 Å². The highest BCUT2D eigenvalue weighted by Gasteiger charge is 2.29. The summed E-state index contributed by atoms with van der Waals surface area (Å²) in [6.45, 7) is 2.18. The molecule has 0 radical (unpaired) electrons. The Labute approximate surface area is 176 Å². The summed E-state index contributed by atoms with van der Waals surface area (Å²) in [6, 6.07) is 15.4. The number of nitrogens with one attached hydrogen (secondary N) is 1. The van der Waals surface area contributed by atoms with Gasteiger partial charge in [0.05, 0.1) is 17.1 Å².